The monoisotopic (exact) mass is 403 g/mol. The van der Waals surface area contributed by atoms with Gasteiger partial charge in [0.1, 0.15) is 0 Å². The van der Waals surface area contributed by atoms with Crippen molar-refractivity contribution < 1.29 is 9.59 Å². The number of aryl methyl sites for hydroxylation is 5. The number of amides is 2. The second-order valence-electron chi connectivity index (χ2n) is 7.98. The van der Waals surface area contributed by atoms with Gasteiger partial charge in [0.25, 0.3) is 5.91 Å². The smallest absolute Gasteiger partial charge is 0.254 e. The summed E-state index contributed by atoms with van der Waals surface area (Å²) in [6, 6.07) is 15.7. The van der Waals surface area contributed by atoms with Gasteiger partial charge in [-0.1, -0.05) is 17.7 Å². The summed E-state index contributed by atoms with van der Waals surface area (Å²) in [7, 11) is 1.64. The summed E-state index contributed by atoms with van der Waals surface area (Å²) in [5, 5.41) is 2.95. The van der Waals surface area contributed by atoms with E-state index in [0.717, 1.165) is 39.5 Å². The molecule has 2 aromatic carbocycles. The minimum atomic E-state index is -0.212. The van der Waals surface area contributed by atoms with E-state index in [1.54, 1.807) is 19.2 Å². The maximum absolute atomic E-state index is 12.8. The molecule has 0 radical (unpaired) electrons. The molecule has 156 valence electrons. The van der Waals surface area contributed by atoms with Gasteiger partial charge in [0, 0.05) is 35.4 Å². The van der Waals surface area contributed by atoms with Gasteiger partial charge in [0.05, 0.1) is 6.54 Å². The van der Waals surface area contributed by atoms with Crippen LogP contribution in [0.25, 0.3) is 5.69 Å². The molecule has 1 aromatic heterocycles. The Morgan fingerprint density at radius 2 is 1.40 bits per heavy atom. The molecule has 0 aliphatic carbocycles. The van der Waals surface area contributed by atoms with Crippen molar-refractivity contribution >= 4 is 17.5 Å². The van der Waals surface area contributed by atoms with Crippen LogP contribution in [0.4, 0.5) is 5.69 Å². The highest BCUT2D eigenvalue weighted by molar-refractivity contribution is 5.99. The normalized spacial score (nSPS) is 10.7. The molecule has 0 unspecified atom stereocenters. The number of hydrogen-bond donors (Lipinski definition) is 1. The summed E-state index contributed by atoms with van der Waals surface area (Å²) < 4.78 is 2.14. The number of nitrogens with one attached hydrogen (secondary N) is 1. The zero-order chi connectivity index (χ0) is 22.0. The van der Waals surface area contributed by atoms with E-state index in [9.17, 15) is 9.59 Å². The first-order valence-electron chi connectivity index (χ1n) is 10.1. The topological polar surface area (TPSA) is 54.3 Å². The summed E-state index contributed by atoms with van der Waals surface area (Å²) in [6.45, 7) is 10.1. The van der Waals surface area contributed by atoms with Gasteiger partial charge >= 0.3 is 0 Å². The molecule has 3 aromatic rings. The van der Waals surface area contributed by atoms with E-state index in [1.165, 1.54) is 4.90 Å². The molecule has 0 saturated heterocycles. The summed E-state index contributed by atoms with van der Waals surface area (Å²) >= 11 is 0. The van der Waals surface area contributed by atoms with Crippen molar-refractivity contribution in [2.45, 2.75) is 34.6 Å². The van der Waals surface area contributed by atoms with Crippen LogP contribution in [0.2, 0.25) is 0 Å². The molecular formula is C25H29N3O2. The van der Waals surface area contributed by atoms with E-state index in [2.05, 4.69) is 35.9 Å². The van der Waals surface area contributed by atoms with Gasteiger partial charge < -0.3 is 14.8 Å². The van der Waals surface area contributed by atoms with Gasteiger partial charge in [0.2, 0.25) is 5.91 Å². The lowest BCUT2D eigenvalue weighted by Gasteiger charge is -2.19. The van der Waals surface area contributed by atoms with E-state index < -0.39 is 0 Å². The number of nitrogens with zero attached hydrogens (tertiary/aromatic N) is 2. The van der Waals surface area contributed by atoms with Crippen LogP contribution in [0.1, 0.15) is 38.4 Å². The van der Waals surface area contributed by atoms with Crippen molar-refractivity contribution in [2.75, 3.05) is 18.9 Å². The van der Waals surface area contributed by atoms with Crippen molar-refractivity contribution in [1.82, 2.24) is 9.47 Å². The minimum Gasteiger partial charge on any atom is -0.332 e. The van der Waals surface area contributed by atoms with Gasteiger partial charge in [0.15, 0.2) is 0 Å². The van der Waals surface area contributed by atoms with E-state index in [0.29, 0.717) is 5.56 Å². The average Bonchev–Trinajstić information content (AvgIpc) is 3.02. The fourth-order valence-corrected chi connectivity index (χ4v) is 3.89. The number of carbonyl (C=O) groups is 2. The molecule has 5 heteroatoms. The lowest BCUT2D eigenvalue weighted by atomic mass is 10.1. The Kier molecular flexibility index (Phi) is 6.11. The molecule has 1 N–H and O–H groups in total. The Morgan fingerprint density at radius 1 is 0.867 bits per heavy atom. The summed E-state index contributed by atoms with van der Waals surface area (Å²) in [4.78, 5) is 26.7. The maximum Gasteiger partial charge on any atom is 0.254 e. The van der Waals surface area contributed by atoms with Crippen LogP contribution in [0, 0.1) is 34.6 Å². The molecule has 0 bridgehead atoms. The molecule has 0 atom stereocenters. The van der Waals surface area contributed by atoms with Crippen molar-refractivity contribution in [1.29, 1.82) is 0 Å². The summed E-state index contributed by atoms with van der Waals surface area (Å²) in [5.74, 6) is -0.397. The van der Waals surface area contributed by atoms with Crippen LogP contribution in [0.15, 0.2) is 48.5 Å². The zero-order valence-electron chi connectivity index (χ0n) is 18.5. The lowest BCUT2D eigenvalue weighted by molar-refractivity contribution is -0.116. The number of aromatic nitrogens is 1. The van der Waals surface area contributed by atoms with Crippen molar-refractivity contribution in [2.24, 2.45) is 0 Å². The molecule has 0 fully saturated rings. The molecule has 0 saturated carbocycles. The second-order valence-corrected chi connectivity index (χ2v) is 7.98. The quantitative estimate of drug-likeness (QED) is 0.670. The first-order chi connectivity index (χ1) is 14.2. The highest BCUT2D eigenvalue weighted by Gasteiger charge is 2.17. The molecule has 5 nitrogen and oxygen atoms in total. The maximum atomic E-state index is 12.8. The number of rotatable bonds is 5. The summed E-state index contributed by atoms with van der Waals surface area (Å²) in [6.07, 6.45) is 0. The SMILES string of the molecule is Cc1cc(C)c(NC(=O)CN(C)C(=O)c2ccc(-n3c(C)ccc3C)cc2)c(C)c1. The summed E-state index contributed by atoms with van der Waals surface area (Å²) in [5.41, 5.74) is 7.85. The molecule has 0 aliphatic heterocycles. The molecule has 3 rings (SSSR count). The third kappa shape index (κ3) is 4.46. The van der Waals surface area contributed by atoms with E-state index in [-0.39, 0.29) is 18.4 Å². The van der Waals surface area contributed by atoms with Crippen LogP contribution in [0.3, 0.4) is 0 Å². The third-order valence-electron chi connectivity index (χ3n) is 5.31. The Balaban J connectivity index is 1.68. The van der Waals surface area contributed by atoms with E-state index in [4.69, 9.17) is 0 Å². The van der Waals surface area contributed by atoms with Crippen LogP contribution >= 0.6 is 0 Å². The standard InChI is InChI=1S/C25H29N3O2/c1-16-13-17(2)24(18(3)14-16)26-23(29)15-27(6)25(30)21-9-11-22(12-10-21)28-19(4)7-8-20(28)5/h7-14H,15H2,1-6H3,(H,26,29). The minimum absolute atomic E-state index is 0.0108. The van der Waals surface area contributed by atoms with E-state index >= 15 is 0 Å². The molecular weight excluding hydrogens is 374 g/mol. The molecule has 1 heterocycles. The Labute approximate surface area is 178 Å². The number of hydrogen-bond acceptors (Lipinski definition) is 2. The average molecular weight is 404 g/mol. The van der Waals surface area contributed by atoms with Crippen LogP contribution in [-0.4, -0.2) is 34.9 Å². The Hall–Kier alpha value is -3.34. The number of likely N-dealkylation sites (N-methyl/N-ethyl adjacent to an activating group) is 1. The van der Waals surface area contributed by atoms with Crippen LogP contribution < -0.4 is 5.32 Å². The third-order valence-corrected chi connectivity index (χ3v) is 5.31. The van der Waals surface area contributed by atoms with Gasteiger partial charge in [-0.05, 0) is 82.1 Å². The number of benzene rings is 2. The fraction of sp³-hybridized carbons (Fsp3) is 0.280. The molecule has 2 amide bonds. The van der Waals surface area contributed by atoms with Gasteiger partial charge in [-0.25, -0.2) is 0 Å². The van der Waals surface area contributed by atoms with Crippen molar-refractivity contribution in [3.05, 3.63) is 82.2 Å². The van der Waals surface area contributed by atoms with Crippen LogP contribution in [0.5, 0.6) is 0 Å². The van der Waals surface area contributed by atoms with E-state index in [1.807, 2.05) is 45.0 Å². The highest BCUT2D eigenvalue weighted by atomic mass is 16.2. The predicted octanol–water partition coefficient (Wildman–Crippen LogP) is 4.73. The van der Waals surface area contributed by atoms with Gasteiger partial charge in [-0.2, -0.15) is 0 Å². The van der Waals surface area contributed by atoms with Crippen molar-refractivity contribution in [3.63, 3.8) is 0 Å². The molecule has 30 heavy (non-hydrogen) atoms. The molecule has 0 spiro atoms. The Bertz CT molecular complexity index is 1050. The first kappa shape index (κ1) is 21.4. The van der Waals surface area contributed by atoms with Crippen molar-refractivity contribution in [3.8, 4) is 5.69 Å². The highest BCUT2D eigenvalue weighted by Crippen LogP contribution is 2.22. The zero-order valence-corrected chi connectivity index (χ0v) is 18.5. The first-order valence-corrected chi connectivity index (χ1v) is 10.1. The van der Waals surface area contributed by atoms with Gasteiger partial charge in [-0.15, -0.1) is 0 Å². The fourth-order valence-electron chi connectivity index (χ4n) is 3.89. The number of anilines is 1. The second kappa shape index (κ2) is 8.57. The van der Waals surface area contributed by atoms with Crippen LogP contribution in [-0.2, 0) is 4.79 Å². The molecule has 0 aliphatic rings. The van der Waals surface area contributed by atoms with Gasteiger partial charge in [-0.3, -0.25) is 9.59 Å². The number of carbonyl (C=O) groups excluding carboxylic acids is 2. The largest absolute Gasteiger partial charge is 0.332 e. The lowest BCUT2D eigenvalue weighted by Crippen LogP contribution is -2.35. The Morgan fingerprint density at radius 3 is 1.93 bits per heavy atom. The predicted molar refractivity (Wildman–Crippen MR) is 121 cm³/mol.